The zero-order chi connectivity index (χ0) is 12.5. The minimum absolute atomic E-state index is 0.125. The number of aromatic nitrogens is 1. The van der Waals surface area contributed by atoms with E-state index in [0.29, 0.717) is 6.54 Å². The van der Waals surface area contributed by atoms with Crippen LogP contribution in [0.15, 0.2) is 12.3 Å². The van der Waals surface area contributed by atoms with Crippen molar-refractivity contribution in [2.45, 2.75) is 24.8 Å². The fourth-order valence-electron chi connectivity index (χ4n) is 1.77. The average molecular weight is 257 g/mol. The van der Waals surface area contributed by atoms with E-state index in [4.69, 9.17) is 17.3 Å². The Kier molecular flexibility index (Phi) is 3.17. The summed E-state index contributed by atoms with van der Waals surface area (Å²) in [7, 11) is 0. The van der Waals surface area contributed by atoms with Gasteiger partial charge >= 0.3 is 5.69 Å². The maximum absolute atomic E-state index is 10.8. The highest BCUT2D eigenvalue weighted by atomic mass is 35.5. The van der Waals surface area contributed by atoms with Crippen molar-refractivity contribution in [3.63, 3.8) is 0 Å². The van der Waals surface area contributed by atoms with E-state index in [1.807, 2.05) is 0 Å². The Labute approximate surface area is 103 Å². The van der Waals surface area contributed by atoms with Gasteiger partial charge in [-0.15, -0.1) is 0 Å². The number of anilines is 1. The lowest BCUT2D eigenvalue weighted by molar-refractivity contribution is -0.384. The second-order valence-electron chi connectivity index (χ2n) is 4.35. The SMILES string of the molecule is NC1(CNc2ncc(Cl)cc2[N+](=O)[O-])CCC1. The lowest BCUT2D eigenvalue weighted by atomic mass is 9.78. The molecular formula is C10H13ClN4O2. The molecule has 3 N–H and O–H groups in total. The largest absolute Gasteiger partial charge is 0.362 e. The van der Waals surface area contributed by atoms with Crippen molar-refractivity contribution in [1.82, 2.24) is 4.98 Å². The quantitative estimate of drug-likeness (QED) is 0.634. The Balaban J connectivity index is 2.12. The van der Waals surface area contributed by atoms with Gasteiger partial charge in [-0.05, 0) is 19.3 Å². The summed E-state index contributed by atoms with van der Waals surface area (Å²) in [5, 5.41) is 14.0. The first-order chi connectivity index (χ1) is 8.00. The number of hydrogen-bond donors (Lipinski definition) is 2. The van der Waals surface area contributed by atoms with Crippen molar-refractivity contribution in [3.8, 4) is 0 Å². The summed E-state index contributed by atoms with van der Waals surface area (Å²) >= 11 is 5.67. The molecule has 0 amide bonds. The van der Waals surface area contributed by atoms with Gasteiger partial charge in [-0.25, -0.2) is 4.98 Å². The molecule has 0 spiro atoms. The van der Waals surface area contributed by atoms with E-state index in [2.05, 4.69) is 10.3 Å². The predicted molar refractivity (Wildman–Crippen MR) is 65.2 cm³/mol. The number of nitrogens with one attached hydrogen (secondary N) is 1. The van der Waals surface area contributed by atoms with Gasteiger partial charge in [-0.1, -0.05) is 11.6 Å². The molecule has 1 aromatic rings. The van der Waals surface area contributed by atoms with Crippen molar-refractivity contribution in [3.05, 3.63) is 27.4 Å². The maximum Gasteiger partial charge on any atom is 0.312 e. The molecule has 1 aliphatic rings. The minimum atomic E-state index is -0.509. The molecule has 7 heteroatoms. The number of nitro groups is 1. The maximum atomic E-state index is 10.8. The van der Waals surface area contributed by atoms with Crippen molar-refractivity contribution in [2.75, 3.05) is 11.9 Å². The van der Waals surface area contributed by atoms with E-state index in [0.717, 1.165) is 19.3 Å². The van der Waals surface area contributed by atoms with Crippen molar-refractivity contribution in [1.29, 1.82) is 0 Å². The van der Waals surface area contributed by atoms with Gasteiger partial charge in [0.1, 0.15) is 0 Å². The molecule has 1 aliphatic carbocycles. The number of rotatable bonds is 4. The van der Waals surface area contributed by atoms with E-state index >= 15 is 0 Å². The molecule has 0 atom stereocenters. The number of nitrogens with zero attached hydrogens (tertiary/aromatic N) is 2. The monoisotopic (exact) mass is 256 g/mol. The van der Waals surface area contributed by atoms with Crippen molar-refractivity contribution < 1.29 is 4.92 Å². The molecular weight excluding hydrogens is 244 g/mol. The molecule has 0 aromatic carbocycles. The summed E-state index contributed by atoms with van der Waals surface area (Å²) in [6.07, 6.45) is 4.35. The second-order valence-corrected chi connectivity index (χ2v) is 4.78. The first kappa shape index (κ1) is 12.1. The van der Waals surface area contributed by atoms with Gasteiger partial charge in [-0.2, -0.15) is 0 Å². The van der Waals surface area contributed by atoms with Crippen LogP contribution >= 0.6 is 11.6 Å². The molecule has 1 heterocycles. The topological polar surface area (TPSA) is 94.1 Å². The molecule has 0 aliphatic heterocycles. The van der Waals surface area contributed by atoms with Gasteiger partial charge in [0.2, 0.25) is 5.82 Å². The van der Waals surface area contributed by atoms with Gasteiger partial charge in [0.25, 0.3) is 0 Å². The molecule has 0 radical (unpaired) electrons. The number of hydrogen-bond acceptors (Lipinski definition) is 5. The van der Waals surface area contributed by atoms with Crippen LogP contribution in [-0.2, 0) is 0 Å². The molecule has 0 saturated heterocycles. The smallest absolute Gasteiger partial charge is 0.312 e. The van der Waals surface area contributed by atoms with Crippen LogP contribution in [0.3, 0.4) is 0 Å². The third-order valence-corrected chi connectivity index (χ3v) is 3.19. The van der Waals surface area contributed by atoms with Crippen molar-refractivity contribution in [2.24, 2.45) is 5.73 Å². The summed E-state index contributed by atoms with van der Waals surface area (Å²) in [6.45, 7) is 0.489. The first-order valence-corrected chi connectivity index (χ1v) is 5.71. The van der Waals surface area contributed by atoms with Crippen LogP contribution in [0.4, 0.5) is 11.5 Å². The molecule has 17 heavy (non-hydrogen) atoms. The van der Waals surface area contributed by atoms with E-state index < -0.39 is 4.92 Å². The van der Waals surface area contributed by atoms with E-state index in [9.17, 15) is 10.1 Å². The zero-order valence-electron chi connectivity index (χ0n) is 9.15. The Morgan fingerprint density at radius 2 is 2.35 bits per heavy atom. The van der Waals surface area contributed by atoms with Crippen LogP contribution in [0.1, 0.15) is 19.3 Å². The van der Waals surface area contributed by atoms with Crippen LogP contribution in [0, 0.1) is 10.1 Å². The summed E-state index contributed by atoms with van der Waals surface area (Å²) in [5.41, 5.74) is 5.64. The second kappa shape index (κ2) is 4.46. The highest BCUT2D eigenvalue weighted by molar-refractivity contribution is 6.30. The fraction of sp³-hybridized carbons (Fsp3) is 0.500. The highest BCUT2D eigenvalue weighted by Crippen LogP contribution is 2.31. The van der Waals surface area contributed by atoms with Crippen LogP contribution in [-0.4, -0.2) is 22.0 Å². The molecule has 0 bridgehead atoms. The number of pyridine rings is 1. The lowest BCUT2D eigenvalue weighted by Crippen LogP contribution is -2.52. The number of halogens is 1. The number of nitrogens with two attached hydrogens (primary N) is 1. The van der Waals surface area contributed by atoms with Gasteiger partial charge in [0.05, 0.1) is 9.95 Å². The molecule has 0 unspecified atom stereocenters. The summed E-state index contributed by atoms with van der Waals surface area (Å²) in [5.74, 6) is 0.219. The molecule has 92 valence electrons. The lowest BCUT2D eigenvalue weighted by Gasteiger charge is -2.38. The van der Waals surface area contributed by atoms with E-state index in [1.165, 1.54) is 12.3 Å². The van der Waals surface area contributed by atoms with Crippen LogP contribution in [0.25, 0.3) is 0 Å². The minimum Gasteiger partial charge on any atom is -0.362 e. The summed E-state index contributed by atoms with van der Waals surface area (Å²) in [4.78, 5) is 14.2. The van der Waals surface area contributed by atoms with E-state index in [-0.39, 0.29) is 22.1 Å². The molecule has 1 saturated carbocycles. The van der Waals surface area contributed by atoms with Gasteiger partial charge < -0.3 is 11.1 Å². The summed E-state index contributed by atoms with van der Waals surface area (Å²) in [6, 6.07) is 1.28. The van der Waals surface area contributed by atoms with Crippen LogP contribution in [0.2, 0.25) is 5.02 Å². The van der Waals surface area contributed by atoms with Crippen LogP contribution < -0.4 is 11.1 Å². The Morgan fingerprint density at radius 3 is 2.88 bits per heavy atom. The molecule has 2 rings (SSSR count). The predicted octanol–water partition coefficient (Wildman–Crippen LogP) is 1.94. The molecule has 6 nitrogen and oxygen atoms in total. The summed E-state index contributed by atoms with van der Waals surface area (Å²) < 4.78 is 0. The van der Waals surface area contributed by atoms with Crippen molar-refractivity contribution >= 4 is 23.1 Å². The standard InChI is InChI=1S/C10H13ClN4O2/c11-7-4-8(15(16)17)9(13-5-7)14-6-10(12)2-1-3-10/h4-5H,1-3,6,12H2,(H,13,14). The van der Waals surface area contributed by atoms with Crippen LogP contribution in [0.5, 0.6) is 0 Å². The van der Waals surface area contributed by atoms with Gasteiger partial charge in [-0.3, -0.25) is 10.1 Å². The zero-order valence-corrected chi connectivity index (χ0v) is 9.91. The van der Waals surface area contributed by atoms with Gasteiger partial charge in [0, 0.05) is 24.3 Å². The Hall–Kier alpha value is -1.40. The first-order valence-electron chi connectivity index (χ1n) is 5.33. The fourth-order valence-corrected chi connectivity index (χ4v) is 1.92. The molecule has 1 fully saturated rings. The Morgan fingerprint density at radius 1 is 1.65 bits per heavy atom. The molecule has 1 aromatic heterocycles. The normalized spacial score (nSPS) is 17.3. The van der Waals surface area contributed by atoms with E-state index in [1.54, 1.807) is 0 Å². The highest BCUT2D eigenvalue weighted by Gasteiger charge is 2.32. The Bertz CT molecular complexity index is 448. The third-order valence-electron chi connectivity index (χ3n) is 2.99. The van der Waals surface area contributed by atoms with Gasteiger partial charge in [0.15, 0.2) is 0 Å². The third kappa shape index (κ3) is 2.65. The average Bonchev–Trinajstić information content (AvgIpc) is 2.24.